The molecule has 1 saturated heterocycles. The second kappa shape index (κ2) is 8.15. The molecule has 1 atom stereocenters. The summed E-state index contributed by atoms with van der Waals surface area (Å²) in [6, 6.07) is -0.618. The number of hydrogen-bond acceptors (Lipinski definition) is 4. The molecule has 1 fully saturated rings. The number of nitrogens with one attached hydrogen (secondary N) is 1. The number of hydrogen-bond donors (Lipinski definition) is 1. The van der Waals surface area contributed by atoms with E-state index in [1.807, 2.05) is 32.6 Å². The van der Waals surface area contributed by atoms with E-state index in [-0.39, 0.29) is 29.6 Å². The molecule has 1 heterocycles. The second-order valence-corrected chi connectivity index (χ2v) is 6.51. The zero-order chi connectivity index (χ0) is 16.9. The van der Waals surface area contributed by atoms with Crippen molar-refractivity contribution < 1.29 is 19.1 Å². The Labute approximate surface area is 132 Å². The summed E-state index contributed by atoms with van der Waals surface area (Å²) in [5, 5.41) is 2.79. The van der Waals surface area contributed by atoms with Crippen LogP contribution in [0.1, 0.15) is 40.5 Å². The third kappa shape index (κ3) is 4.71. The summed E-state index contributed by atoms with van der Waals surface area (Å²) >= 11 is 0. The zero-order valence-corrected chi connectivity index (χ0v) is 14.2. The molecule has 1 rings (SSSR count). The maximum atomic E-state index is 12.3. The fourth-order valence-corrected chi connectivity index (χ4v) is 2.62. The number of nitrogens with zero attached hydrogens (tertiary/aromatic N) is 1. The van der Waals surface area contributed by atoms with Gasteiger partial charge in [-0.25, -0.2) is 4.79 Å². The molecule has 0 aromatic rings. The third-order valence-electron chi connectivity index (χ3n) is 4.09. The Bertz CT molecular complexity index is 412. The molecule has 126 valence electrons. The molecule has 0 aliphatic carbocycles. The van der Waals surface area contributed by atoms with Gasteiger partial charge in [-0.3, -0.25) is 9.59 Å². The van der Waals surface area contributed by atoms with Crippen LogP contribution < -0.4 is 5.32 Å². The maximum Gasteiger partial charge on any atom is 0.328 e. The van der Waals surface area contributed by atoms with Crippen molar-refractivity contribution >= 4 is 17.8 Å². The fourth-order valence-electron chi connectivity index (χ4n) is 2.62. The number of ether oxygens (including phenoxy) is 1. The number of piperidine rings is 1. The van der Waals surface area contributed by atoms with Crippen LogP contribution in [0.25, 0.3) is 0 Å². The van der Waals surface area contributed by atoms with E-state index < -0.39 is 12.0 Å². The van der Waals surface area contributed by atoms with Gasteiger partial charge >= 0.3 is 5.97 Å². The highest BCUT2D eigenvalue weighted by Crippen LogP contribution is 2.19. The molecule has 1 aliphatic rings. The van der Waals surface area contributed by atoms with E-state index in [0.717, 1.165) is 0 Å². The highest BCUT2D eigenvalue weighted by atomic mass is 16.5. The predicted molar refractivity (Wildman–Crippen MR) is 82.9 cm³/mol. The smallest absolute Gasteiger partial charge is 0.328 e. The largest absolute Gasteiger partial charge is 0.467 e. The van der Waals surface area contributed by atoms with Crippen molar-refractivity contribution in [3.63, 3.8) is 0 Å². The molecule has 0 aromatic carbocycles. The Kier molecular flexibility index (Phi) is 6.84. The van der Waals surface area contributed by atoms with Crippen LogP contribution in [0, 0.1) is 17.8 Å². The van der Waals surface area contributed by atoms with Gasteiger partial charge in [0, 0.05) is 24.9 Å². The van der Waals surface area contributed by atoms with Crippen LogP contribution in [0.4, 0.5) is 0 Å². The van der Waals surface area contributed by atoms with Crippen molar-refractivity contribution in [3.8, 4) is 0 Å². The molecule has 6 nitrogen and oxygen atoms in total. The Morgan fingerprint density at radius 3 is 2.05 bits per heavy atom. The Hall–Kier alpha value is -1.59. The van der Waals surface area contributed by atoms with Crippen LogP contribution in [0.5, 0.6) is 0 Å². The number of likely N-dealkylation sites (tertiary alicyclic amines) is 1. The summed E-state index contributed by atoms with van der Waals surface area (Å²) in [4.78, 5) is 37.8. The lowest BCUT2D eigenvalue weighted by molar-refractivity contribution is -0.147. The molecule has 2 amide bonds. The summed E-state index contributed by atoms with van der Waals surface area (Å²) < 4.78 is 4.73. The first kappa shape index (κ1) is 18.5. The van der Waals surface area contributed by atoms with Gasteiger partial charge in [0.25, 0.3) is 0 Å². The highest BCUT2D eigenvalue weighted by Gasteiger charge is 2.31. The van der Waals surface area contributed by atoms with Crippen molar-refractivity contribution in [1.29, 1.82) is 0 Å². The zero-order valence-electron chi connectivity index (χ0n) is 14.2. The van der Waals surface area contributed by atoms with Gasteiger partial charge < -0.3 is 15.0 Å². The lowest BCUT2D eigenvalue weighted by Gasteiger charge is -2.33. The number of methoxy groups -OCH3 is 1. The van der Waals surface area contributed by atoms with Crippen molar-refractivity contribution in [2.75, 3.05) is 20.2 Å². The molecule has 0 spiro atoms. The molecular weight excluding hydrogens is 284 g/mol. The van der Waals surface area contributed by atoms with Crippen LogP contribution in [0.3, 0.4) is 0 Å². The van der Waals surface area contributed by atoms with Crippen LogP contribution >= 0.6 is 0 Å². The maximum absolute atomic E-state index is 12.3. The van der Waals surface area contributed by atoms with Crippen molar-refractivity contribution in [2.45, 2.75) is 46.6 Å². The van der Waals surface area contributed by atoms with E-state index in [1.165, 1.54) is 7.11 Å². The van der Waals surface area contributed by atoms with Gasteiger partial charge in [0.15, 0.2) is 0 Å². The van der Waals surface area contributed by atoms with Gasteiger partial charge in [-0.1, -0.05) is 27.7 Å². The van der Waals surface area contributed by atoms with Crippen molar-refractivity contribution in [3.05, 3.63) is 0 Å². The number of esters is 1. The van der Waals surface area contributed by atoms with E-state index in [4.69, 9.17) is 4.74 Å². The minimum Gasteiger partial charge on any atom is -0.467 e. The molecule has 0 unspecified atom stereocenters. The Morgan fingerprint density at radius 1 is 1.09 bits per heavy atom. The molecule has 0 saturated carbocycles. The molecule has 1 aliphatic heterocycles. The first-order valence-corrected chi connectivity index (χ1v) is 7.94. The summed E-state index contributed by atoms with van der Waals surface area (Å²) in [7, 11) is 1.32. The monoisotopic (exact) mass is 312 g/mol. The Balaban J connectivity index is 2.55. The van der Waals surface area contributed by atoms with E-state index in [1.54, 1.807) is 0 Å². The number of rotatable bonds is 5. The first-order chi connectivity index (χ1) is 10.3. The third-order valence-corrected chi connectivity index (χ3v) is 4.09. The lowest BCUT2D eigenvalue weighted by atomic mass is 9.94. The Morgan fingerprint density at radius 2 is 1.64 bits per heavy atom. The minimum absolute atomic E-state index is 0.0185. The highest BCUT2D eigenvalue weighted by molar-refractivity contribution is 5.86. The summed E-state index contributed by atoms with van der Waals surface area (Å²) in [5.74, 6) is -0.610. The molecule has 0 bridgehead atoms. The molecule has 22 heavy (non-hydrogen) atoms. The molecule has 0 radical (unpaired) electrons. The number of carbonyl (C=O) groups is 3. The fraction of sp³-hybridized carbons (Fsp3) is 0.812. The minimum atomic E-state index is -0.618. The normalized spacial score (nSPS) is 17.5. The van der Waals surface area contributed by atoms with Gasteiger partial charge in [0.05, 0.1) is 7.11 Å². The number of carbonyl (C=O) groups excluding carboxylic acids is 3. The predicted octanol–water partition coefficient (Wildman–Crippen LogP) is 1.19. The topological polar surface area (TPSA) is 75.7 Å². The van der Waals surface area contributed by atoms with E-state index in [2.05, 4.69) is 5.32 Å². The van der Waals surface area contributed by atoms with E-state index in [9.17, 15) is 14.4 Å². The summed E-state index contributed by atoms with van der Waals surface area (Å²) in [6.45, 7) is 8.69. The molecular formula is C16H28N2O4. The SMILES string of the molecule is COC(=O)[C@@H](NC(=O)C1CCN(C(=O)C(C)C)CC1)C(C)C. The van der Waals surface area contributed by atoms with Gasteiger partial charge in [0.2, 0.25) is 11.8 Å². The van der Waals surface area contributed by atoms with Gasteiger partial charge in [-0.15, -0.1) is 0 Å². The van der Waals surface area contributed by atoms with Gasteiger partial charge in [0.1, 0.15) is 6.04 Å². The quantitative estimate of drug-likeness (QED) is 0.774. The molecule has 6 heteroatoms. The van der Waals surface area contributed by atoms with Crippen molar-refractivity contribution in [1.82, 2.24) is 10.2 Å². The van der Waals surface area contributed by atoms with Crippen LogP contribution in [-0.4, -0.2) is 48.9 Å². The second-order valence-electron chi connectivity index (χ2n) is 6.51. The van der Waals surface area contributed by atoms with Crippen LogP contribution in [0.2, 0.25) is 0 Å². The van der Waals surface area contributed by atoms with Gasteiger partial charge in [-0.05, 0) is 18.8 Å². The number of amides is 2. The summed E-state index contributed by atoms with van der Waals surface area (Å²) in [5.41, 5.74) is 0. The van der Waals surface area contributed by atoms with Crippen molar-refractivity contribution in [2.24, 2.45) is 17.8 Å². The average molecular weight is 312 g/mol. The summed E-state index contributed by atoms with van der Waals surface area (Å²) in [6.07, 6.45) is 1.27. The van der Waals surface area contributed by atoms with Crippen LogP contribution in [0.15, 0.2) is 0 Å². The average Bonchev–Trinajstić information content (AvgIpc) is 2.50. The van der Waals surface area contributed by atoms with Gasteiger partial charge in [-0.2, -0.15) is 0 Å². The van der Waals surface area contributed by atoms with E-state index >= 15 is 0 Å². The standard InChI is InChI=1S/C16H28N2O4/c1-10(2)13(16(21)22-5)17-14(19)12-6-8-18(9-7-12)15(20)11(3)4/h10-13H,6-9H2,1-5H3,(H,17,19)/t13-/m0/s1. The molecule has 1 N–H and O–H groups in total. The van der Waals surface area contributed by atoms with E-state index in [0.29, 0.717) is 25.9 Å². The first-order valence-electron chi connectivity index (χ1n) is 7.94. The van der Waals surface area contributed by atoms with Crippen LogP contribution in [-0.2, 0) is 19.1 Å². The lowest BCUT2D eigenvalue weighted by Crippen LogP contribution is -2.50. The molecule has 0 aromatic heterocycles.